The van der Waals surface area contributed by atoms with Crippen LogP contribution in [0.3, 0.4) is 0 Å². The Morgan fingerprint density at radius 3 is 2.58 bits per heavy atom. The van der Waals surface area contributed by atoms with E-state index in [9.17, 15) is 18.4 Å². The summed E-state index contributed by atoms with van der Waals surface area (Å²) in [5, 5.41) is 2.67. The average Bonchev–Trinajstić information content (AvgIpc) is 2.55. The van der Waals surface area contributed by atoms with Crippen LogP contribution >= 0.6 is 0 Å². The second-order valence-corrected chi connectivity index (χ2v) is 5.79. The molecular weight excluding hydrogens is 316 g/mol. The maximum absolute atomic E-state index is 13.5. The Hall–Kier alpha value is -2.24. The molecule has 1 aromatic rings. The highest BCUT2D eigenvalue weighted by Gasteiger charge is 2.23. The van der Waals surface area contributed by atoms with Crippen molar-refractivity contribution in [2.45, 2.75) is 45.1 Å². The Balaban J connectivity index is 1.82. The maximum atomic E-state index is 13.5. The standard InChI is InChI=1S/C18H21F2NO3/c1-12(17(22)21-11-10-13-6-3-2-4-7-13)24-18(23)16-14(19)8-5-9-15(16)20/h5-6,8-9,12H,2-4,7,10-11H2,1H3,(H,21,22)/t12-/m0/s1. The van der Waals surface area contributed by atoms with E-state index in [4.69, 9.17) is 4.74 Å². The van der Waals surface area contributed by atoms with Gasteiger partial charge in [-0.2, -0.15) is 0 Å². The smallest absolute Gasteiger partial charge is 0.344 e. The monoisotopic (exact) mass is 337 g/mol. The summed E-state index contributed by atoms with van der Waals surface area (Å²) in [5.41, 5.74) is 0.532. The zero-order valence-corrected chi connectivity index (χ0v) is 13.6. The van der Waals surface area contributed by atoms with Crippen molar-refractivity contribution in [3.05, 3.63) is 47.0 Å². The van der Waals surface area contributed by atoms with Crippen molar-refractivity contribution in [3.63, 3.8) is 0 Å². The van der Waals surface area contributed by atoms with E-state index < -0.39 is 35.2 Å². The van der Waals surface area contributed by atoms with Crippen LogP contribution in [0, 0.1) is 11.6 Å². The first-order valence-corrected chi connectivity index (χ1v) is 8.09. The SMILES string of the molecule is C[C@H](OC(=O)c1c(F)cccc1F)C(=O)NCCC1=CCCCC1. The fourth-order valence-electron chi connectivity index (χ4n) is 2.59. The Labute approximate surface area is 139 Å². The molecular formula is C18H21F2NO3. The molecule has 24 heavy (non-hydrogen) atoms. The number of amides is 1. The van der Waals surface area contributed by atoms with Crippen molar-refractivity contribution < 1.29 is 23.1 Å². The third kappa shape index (κ3) is 4.88. The van der Waals surface area contributed by atoms with Crippen molar-refractivity contribution in [1.29, 1.82) is 0 Å². The normalized spacial score (nSPS) is 15.4. The van der Waals surface area contributed by atoms with Gasteiger partial charge in [0, 0.05) is 6.54 Å². The quantitative estimate of drug-likeness (QED) is 0.638. The van der Waals surface area contributed by atoms with Crippen LogP contribution in [0.4, 0.5) is 8.78 Å². The average molecular weight is 337 g/mol. The summed E-state index contributed by atoms with van der Waals surface area (Å²) in [5.74, 6) is -3.71. The summed E-state index contributed by atoms with van der Waals surface area (Å²) in [7, 11) is 0. The Kier molecular flexibility index (Phi) is 6.46. The molecule has 2 rings (SSSR count). The summed E-state index contributed by atoms with van der Waals surface area (Å²) >= 11 is 0. The summed E-state index contributed by atoms with van der Waals surface area (Å²) in [4.78, 5) is 23.8. The molecule has 130 valence electrons. The van der Waals surface area contributed by atoms with Crippen LogP contribution in [0.5, 0.6) is 0 Å². The second kappa shape index (κ2) is 8.57. The molecule has 0 bridgehead atoms. The lowest BCUT2D eigenvalue weighted by Gasteiger charge is -2.16. The molecule has 1 aliphatic carbocycles. The third-order valence-electron chi connectivity index (χ3n) is 3.95. The number of esters is 1. The first-order chi connectivity index (χ1) is 11.5. The summed E-state index contributed by atoms with van der Waals surface area (Å²) in [6.45, 7) is 1.81. The molecule has 0 aromatic heterocycles. The number of allylic oxidation sites excluding steroid dienone is 1. The molecule has 1 aliphatic rings. The minimum atomic E-state index is -1.19. The molecule has 1 aromatic carbocycles. The molecule has 0 fully saturated rings. The minimum Gasteiger partial charge on any atom is -0.449 e. The van der Waals surface area contributed by atoms with Gasteiger partial charge in [-0.25, -0.2) is 13.6 Å². The number of hydrogen-bond acceptors (Lipinski definition) is 3. The van der Waals surface area contributed by atoms with Gasteiger partial charge >= 0.3 is 5.97 Å². The van der Waals surface area contributed by atoms with Crippen molar-refractivity contribution in [1.82, 2.24) is 5.32 Å². The van der Waals surface area contributed by atoms with Gasteiger partial charge in [0.1, 0.15) is 17.2 Å². The number of nitrogens with one attached hydrogen (secondary N) is 1. The number of carbonyl (C=O) groups excluding carboxylic acids is 2. The highest BCUT2D eigenvalue weighted by atomic mass is 19.1. The zero-order chi connectivity index (χ0) is 17.5. The van der Waals surface area contributed by atoms with Crippen LogP contribution in [0.2, 0.25) is 0 Å². The van der Waals surface area contributed by atoms with Crippen LogP contribution in [0.1, 0.15) is 49.4 Å². The van der Waals surface area contributed by atoms with E-state index in [0.29, 0.717) is 6.54 Å². The van der Waals surface area contributed by atoms with Gasteiger partial charge in [0.05, 0.1) is 0 Å². The molecule has 4 nitrogen and oxygen atoms in total. The van der Waals surface area contributed by atoms with Crippen LogP contribution in [-0.2, 0) is 9.53 Å². The van der Waals surface area contributed by atoms with E-state index in [-0.39, 0.29) is 0 Å². The molecule has 0 aliphatic heterocycles. The van der Waals surface area contributed by atoms with Crippen molar-refractivity contribution in [2.75, 3.05) is 6.54 Å². The van der Waals surface area contributed by atoms with E-state index in [1.807, 2.05) is 0 Å². The van der Waals surface area contributed by atoms with Gasteiger partial charge in [0.15, 0.2) is 6.10 Å². The number of carbonyl (C=O) groups is 2. The van der Waals surface area contributed by atoms with Crippen molar-refractivity contribution in [2.24, 2.45) is 0 Å². The van der Waals surface area contributed by atoms with Crippen LogP contribution in [0.25, 0.3) is 0 Å². The topological polar surface area (TPSA) is 55.4 Å². The number of halogens is 2. The molecule has 0 spiro atoms. The van der Waals surface area contributed by atoms with Gasteiger partial charge in [0.25, 0.3) is 5.91 Å². The number of hydrogen-bond donors (Lipinski definition) is 1. The molecule has 1 N–H and O–H groups in total. The molecule has 6 heteroatoms. The molecule has 0 radical (unpaired) electrons. The van der Waals surface area contributed by atoms with Gasteiger partial charge in [-0.1, -0.05) is 17.7 Å². The van der Waals surface area contributed by atoms with Crippen LogP contribution < -0.4 is 5.32 Å². The third-order valence-corrected chi connectivity index (χ3v) is 3.95. The maximum Gasteiger partial charge on any atom is 0.344 e. The summed E-state index contributed by atoms with van der Waals surface area (Å²) in [6.07, 6.45) is 6.32. The summed E-state index contributed by atoms with van der Waals surface area (Å²) < 4.78 is 31.9. The van der Waals surface area contributed by atoms with E-state index >= 15 is 0 Å². The van der Waals surface area contributed by atoms with Crippen LogP contribution in [-0.4, -0.2) is 24.5 Å². The zero-order valence-electron chi connectivity index (χ0n) is 13.6. The lowest BCUT2D eigenvalue weighted by Crippen LogP contribution is -2.36. The van der Waals surface area contributed by atoms with E-state index in [2.05, 4.69) is 11.4 Å². The number of benzene rings is 1. The Bertz CT molecular complexity index is 623. The van der Waals surface area contributed by atoms with Gasteiger partial charge in [-0.05, 0) is 51.2 Å². The first-order valence-electron chi connectivity index (χ1n) is 8.09. The highest BCUT2D eigenvalue weighted by Crippen LogP contribution is 2.19. The van der Waals surface area contributed by atoms with Crippen molar-refractivity contribution in [3.8, 4) is 0 Å². The fourth-order valence-corrected chi connectivity index (χ4v) is 2.59. The first kappa shape index (κ1) is 18.1. The molecule has 1 amide bonds. The molecule has 0 heterocycles. The number of ether oxygens (including phenoxy) is 1. The number of rotatable bonds is 6. The lowest BCUT2D eigenvalue weighted by atomic mass is 9.97. The minimum absolute atomic E-state index is 0.445. The van der Waals surface area contributed by atoms with Crippen LogP contribution in [0.15, 0.2) is 29.8 Å². The summed E-state index contributed by atoms with van der Waals surface area (Å²) in [6, 6.07) is 3.07. The van der Waals surface area contributed by atoms with Gasteiger partial charge in [-0.15, -0.1) is 0 Å². The largest absolute Gasteiger partial charge is 0.449 e. The van der Waals surface area contributed by atoms with E-state index in [1.54, 1.807) is 0 Å². The van der Waals surface area contributed by atoms with Crippen molar-refractivity contribution >= 4 is 11.9 Å². The second-order valence-electron chi connectivity index (χ2n) is 5.79. The molecule has 1 atom stereocenters. The van der Waals surface area contributed by atoms with E-state index in [1.165, 1.54) is 25.3 Å². The molecule has 0 unspecified atom stereocenters. The predicted octanol–water partition coefficient (Wildman–Crippen LogP) is 3.52. The van der Waals surface area contributed by atoms with Gasteiger partial charge in [-0.3, -0.25) is 4.79 Å². The highest BCUT2D eigenvalue weighted by molar-refractivity contribution is 5.92. The predicted molar refractivity (Wildman–Crippen MR) is 85.4 cm³/mol. The van der Waals surface area contributed by atoms with Gasteiger partial charge in [0.2, 0.25) is 0 Å². The van der Waals surface area contributed by atoms with E-state index in [0.717, 1.165) is 37.5 Å². The Morgan fingerprint density at radius 2 is 1.96 bits per heavy atom. The fraction of sp³-hybridized carbons (Fsp3) is 0.444. The molecule has 0 saturated carbocycles. The lowest BCUT2D eigenvalue weighted by molar-refractivity contribution is -0.129. The van der Waals surface area contributed by atoms with Gasteiger partial charge < -0.3 is 10.1 Å². The Morgan fingerprint density at radius 1 is 1.25 bits per heavy atom. The molecule has 0 saturated heterocycles.